The van der Waals surface area contributed by atoms with E-state index in [0.29, 0.717) is 18.7 Å². The number of piperazine rings is 1. The normalized spacial score (nSPS) is 14.4. The molecule has 4 aromatic rings. The first-order valence-corrected chi connectivity index (χ1v) is 11.3. The molecule has 0 radical (unpaired) electrons. The van der Waals surface area contributed by atoms with Crippen molar-refractivity contribution >= 4 is 5.91 Å². The largest absolute Gasteiger partial charge is 0.336 e. The lowest BCUT2D eigenvalue weighted by Gasteiger charge is -2.34. The van der Waals surface area contributed by atoms with Gasteiger partial charge in [0.25, 0.3) is 5.91 Å². The van der Waals surface area contributed by atoms with Gasteiger partial charge < -0.3 is 4.90 Å². The lowest BCUT2D eigenvalue weighted by atomic mass is 10.1. The summed E-state index contributed by atoms with van der Waals surface area (Å²) in [6, 6.07) is 22.2. The molecular weight excluding hydrogens is 410 g/mol. The number of pyridine rings is 1. The van der Waals surface area contributed by atoms with Gasteiger partial charge in [0.15, 0.2) is 0 Å². The standard InChI is InChI=1S/C27H27N5O/c1-21-7-9-23(10-8-21)26-25(20-32(29-26)24-5-3-2-4-6-24)27(33)31-17-15-30(16-18-31)19-22-11-13-28-14-12-22/h2-14,20H,15-19H2,1H3. The van der Waals surface area contributed by atoms with Gasteiger partial charge in [0.2, 0.25) is 0 Å². The van der Waals surface area contributed by atoms with Crippen molar-refractivity contribution in [1.29, 1.82) is 0 Å². The molecule has 166 valence electrons. The van der Waals surface area contributed by atoms with E-state index in [2.05, 4.69) is 28.9 Å². The van der Waals surface area contributed by atoms with Crippen LogP contribution in [-0.2, 0) is 6.54 Å². The Balaban J connectivity index is 1.38. The minimum absolute atomic E-state index is 0.0383. The van der Waals surface area contributed by atoms with Crippen molar-refractivity contribution in [3.8, 4) is 16.9 Å². The summed E-state index contributed by atoms with van der Waals surface area (Å²) in [7, 11) is 0. The molecule has 1 aliphatic rings. The summed E-state index contributed by atoms with van der Waals surface area (Å²) < 4.78 is 1.81. The fourth-order valence-corrected chi connectivity index (χ4v) is 4.19. The van der Waals surface area contributed by atoms with Crippen LogP contribution in [0.3, 0.4) is 0 Å². The van der Waals surface area contributed by atoms with E-state index in [9.17, 15) is 4.79 Å². The Kier molecular flexibility index (Phi) is 6.00. The molecule has 0 bridgehead atoms. The van der Waals surface area contributed by atoms with Crippen molar-refractivity contribution in [2.24, 2.45) is 0 Å². The number of aromatic nitrogens is 3. The number of nitrogens with zero attached hydrogens (tertiary/aromatic N) is 5. The maximum atomic E-state index is 13.6. The Hall–Kier alpha value is -3.77. The first-order valence-electron chi connectivity index (χ1n) is 11.3. The Morgan fingerprint density at radius 3 is 2.27 bits per heavy atom. The molecule has 6 heteroatoms. The molecule has 3 heterocycles. The van der Waals surface area contributed by atoms with Crippen molar-refractivity contribution in [1.82, 2.24) is 24.6 Å². The molecular formula is C27H27N5O. The van der Waals surface area contributed by atoms with Crippen LogP contribution >= 0.6 is 0 Å². The summed E-state index contributed by atoms with van der Waals surface area (Å²) in [5, 5.41) is 4.82. The molecule has 0 aliphatic carbocycles. The highest BCUT2D eigenvalue weighted by atomic mass is 16.2. The Morgan fingerprint density at radius 2 is 1.58 bits per heavy atom. The fraction of sp³-hybridized carbons (Fsp3) is 0.222. The number of rotatable bonds is 5. The maximum absolute atomic E-state index is 13.6. The van der Waals surface area contributed by atoms with Gasteiger partial charge in [-0.25, -0.2) is 4.68 Å². The van der Waals surface area contributed by atoms with Gasteiger partial charge in [0, 0.05) is 56.9 Å². The Morgan fingerprint density at radius 1 is 0.879 bits per heavy atom. The van der Waals surface area contributed by atoms with E-state index < -0.39 is 0 Å². The zero-order valence-electron chi connectivity index (χ0n) is 18.8. The third-order valence-corrected chi connectivity index (χ3v) is 6.11. The molecule has 0 spiro atoms. The lowest BCUT2D eigenvalue weighted by Crippen LogP contribution is -2.48. The van der Waals surface area contributed by atoms with Crippen LogP contribution in [0.1, 0.15) is 21.5 Å². The summed E-state index contributed by atoms with van der Waals surface area (Å²) in [6.07, 6.45) is 5.52. The number of amides is 1. The second kappa shape index (κ2) is 9.38. The fourth-order valence-electron chi connectivity index (χ4n) is 4.19. The topological polar surface area (TPSA) is 54.3 Å². The van der Waals surface area contributed by atoms with Gasteiger partial charge in [0.05, 0.1) is 11.3 Å². The summed E-state index contributed by atoms with van der Waals surface area (Å²) in [6.45, 7) is 6.04. The average molecular weight is 438 g/mol. The van der Waals surface area contributed by atoms with Gasteiger partial charge in [-0.2, -0.15) is 5.10 Å². The van der Waals surface area contributed by atoms with E-state index in [-0.39, 0.29) is 5.91 Å². The molecule has 5 rings (SSSR count). The molecule has 1 saturated heterocycles. The van der Waals surface area contributed by atoms with Crippen molar-refractivity contribution in [3.63, 3.8) is 0 Å². The van der Waals surface area contributed by atoms with Crippen LogP contribution in [0.15, 0.2) is 85.3 Å². The highest BCUT2D eigenvalue weighted by Crippen LogP contribution is 2.26. The Bertz CT molecular complexity index is 1210. The van der Waals surface area contributed by atoms with Crippen LogP contribution in [0.2, 0.25) is 0 Å². The van der Waals surface area contributed by atoms with Crippen LogP contribution in [0.25, 0.3) is 16.9 Å². The first-order chi connectivity index (χ1) is 16.2. The molecule has 0 unspecified atom stereocenters. The van der Waals surface area contributed by atoms with E-state index in [1.54, 1.807) is 0 Å². The molecule has 0 atom stereocenters. The smallest absolute Gasteiger partial charge is 0.257 e. The number of para-hydroxylation sites is 1. The van der Waals surface area contributed by atoms with E-state index in [1.165, 1.54) is 11.1 Å². The predicted octanol–water partition coefficient (Wildman–Crippen LogP) is 4.20. The number of hydrogen-bond acceptors (Lipinski definition) is 4. The van der Waals surface area contributed by atoms with Crippen LogP contribution in [-0.4, -0.2) is 56.7 Å². The van der Waals surface area contributed by atoms with Gasteiger partial charge in [-0.3, -0.25) is 14.7 Å². The van der Waals surface area contributed by atoms with Gasteiger partial charge in [-0.1, -0.05) is 48.0 Å². The summed E-state index contributed by atoms with van der Waals surface area (Å²) in [5.41, 5.74) is 5.69. The van der Waals surface area contributed by atoms with E-state index in [4.69, 9.17) is 5.10 Å². The number of carbonyl (C=O) groups excluding carboxylic acids is 1. The second-order valence-corrected chi connectivity index (χ2v) is 8.46. The first kappa shape index (κ1) is 21.1. The molecule has 0 saturated carbocycles. The summed E-state index contributed by atoms with van der Waals surface area (Å²) in [4.78, 5) is 22.0. The summed E-state index contributed by atoms with van der Waals surface area (Å²) in [5.74, 6) is 0.0383. The van der Waals surface area contributed by atoms with Crippen LogP contribution < -0.4 is 0 Å². The van der Waals surface area contributed by atoms with Crippen molar-refractivity contribution in [2.45, 2.75) is 13.5 Å². The van der Waals surface area contributed by atoms with Gasteiger partial charge in [0.1, 0.15) is 5.69 Å². The molecule has 1 amide bonds. The third kappa shape index (κ3) is 4.71. The van der Waals surface area contributed by atoms with Crippen LogP contribution in [0.4, 0.5) is 0 Å². The maximum Gasteiger partial charge on any atom is 0.257 e. The van der Waals surface area contributed by atoms with Gasteiger partial charge >= 0.3 is 0 Å². The third-order valence-electron chi connectivity index (χ3n) is 6.11. The minimum Gasteiger partial charge on any atom is -0.336 e. The number of benzene rings is 2. The van der Waals surface area contributed by atoms with E-state index >= 15 is 0 Å². The number of hydrogen-bond donors (Lipinski definition) is 0. The van der Waals surface area contributed by atoms with E-state index in [1.807, 2.05) is 82.8 Å². The van der Waals surface area contributed by atoms with Crippen molar-refractivity contribution in [2.75, 3.05) is 26.2 Å². The molecule has 33 heavy (non-hydrogen) atoms. The molecule has 1 fully saturated rings. The number of aryl methyl sites for hydroxylation is 1. The molecule has 1 aliphatic heterocycles. The summed E-state index contributed by atoms with van der Waals surface area (Å²) >= 11 is 0. The zero-order valence-corrected chi connectivity index (χ0v) is 18.8. The predicted molar refractivity (Wildman–Crippen MR) is 129 cm³/mol. The monoisotopic (exact) mass is 437 g/mol. The van der Waals surface area contributed by atoms with Crippen molar-refractivity contribution < 1.29 is 4.79 Å². The SMILES string of the molecule is Cc1ccc(-c2nn(-c3ccccc3)cc2C(=O)N2CCN(Cc3ccncc3)CC2)cc1. The zero-order chi connectivity index (χ0) is 22.6. The van der Waals surface area contributed by atoms with Crippen LogP contribution in [0, 0.1) is 6.92 Å². The van der Waals surface area contributed by atoms with Crippen LogP contribution in [0.5, 0.6) is 0 Å². The highest BCUT2D eigenvalue weighted by Gasteiger charge is 2.26. The molecule has 6 nitrogen and oxygen atoms in total. The lowest BCUT2D eigenvalue weighted by molar-refractivity contribution is 0.0629. The molecule has 0 N–H and O–H groups in total. The van der Waals surface area contributed by atoms with E-state index in [0.717, 1.165) is 36.6 Å². The second-order valence-electron chi connectivity index (χ2n) is 8.46. The minimum atomic E-state index is 0.0383. The quantitative estimate of drug-likeness (QED) is 0.470. The highest BCUT2D eigenvalue weighted by molar-refractivity contribution is 6.00. The van der Waals surface area contributed by atoms with Crippen molar-refractivity contribution in [3.05, 3.63) is 102 Å². The molecule has 2 aromatic carbocycles. The Labute approximate surface area is 194 Å². The average Bonchev–Trinajstić information content (AvgIpc) is 3.31. The molecule has 2 aromatic heterocycles. The number of carbonyl (C=O) groups is 1. The van der Waals surface area contributed by atoms with Gasteiger partial charge in [-0.15, -0.1) is 0 Å². The van der Waals surface area contributed by atoms with Gasteiger partial charge in [-0.05, 0) is 36.8 Å².